The van der Waals surface area contributed by atoms with Crippen molar-refractivity contribution in [2.24, 2.45) is 33.8 Å². The van der Waals surface area contributed by atoms with Crippen LogP contribution >= 0.6 is 0 Å². The second-order valence-electron chi connectivity index (χ2n) is 14.3. The molecule has 46 heavy (non-hydrogen) atoms. The number of ether oxygens (including phenoxy) is 1. The predicted molar refractivity (Wildman–Crippen MR) is 170 cm³/mol. The fourth-order valence-corrected chi connectivity index (χ4v) is 9.76. The summed E-state index contributed by atoms with van der Waals surface area (Å²) < 4.78 is 46.2. The molecule has 1 aromatic carbocycles. The third kappa shape index (κ3) is 5.71. The number of nitroso groups, excluding NO2 is 1. The zero-order valence-electron chi connectivity index (χ0n) is 26.9. The second kappa shape index (κ2) is 12.3. The normalized spacial score (nSPS) is 33.9. The van der Waals surface area contributed by atoms with Crippen LogP contribution < -0.4 is 4.90 Å². The number of esters is 1. The number of rotatable bonds is 6. The molecule has 6 rings (SSSR count). The maximum atomic E-state index is 14.0. The molecule has 3 unspecified atom stereocenters. The number of benzene rings is 1. The summed E-state index contributed by atoms with van der Waals surface area (Å²) in [6.45, 7) is 6.74. The van der Waals surface area contributed by atoms with Gasteiger partial charge in [-0.3, -0.25) is 9.59 Å². The summed E-state index contributed by atoms with van der Waals surface area (Å²) in [5.74, 6) is 2.76. The van der Waals surface area contributed by atoms with Crippen molar-refractivity contribution in [1.82, 2.24) is 0 Å². The van der Waals surface area contributed by atoms with Crippen LogP contribution in [0.15, 0.2) is 52.2 Å². The van der Waals surface area contributed by atoms with Crippen LogP contribution in [-0.4, -0.2) is 43.7 Å². The maximum Gasteiger partial charge on any atom is 0.457 e. The van der Waals surface area contributed by atoms with Crippen LogP contribution in [0.25, 0.3) is 0 Å². The Morgan fingerprint density at radius 2 is 1.83 bits per heavy atom. The number of anilines is 1. The molecule has 0 amide bonds. The van der Waals surface area contributed by atoms with E-state index in [-0.39, 0.29) is 36.1 Å². The van der Waals surface area contributed by atoms with Gasteiger partial charge < -0.3 is 9.64 Å². The van der Waals surface area contributed by atoms with Gasteiger partial charge in [-0.1, -0.05) is 48.7 Å². The Morgan fingerprint density at radius 1 is 1.11 bits per heavy atom. The summed E-state index contributed by atoms with van der Waals surface area (Å²) in [6.07, 6.45) is 4.16. The molecule has 9 heteroatoms. The molecule has 6 nitrogen and oxygen atoms in total. The van der Waals surface area contributed by atoms with Crippen molar-refractivity contribution in [1.29, 1.82) is 0 Å². The average Bonchev–Trinajstić information content (AvgIpc) is 3.35. The van der Waals surface area contributed by atoms with Gasteiger partial charge in [-0.2, -0.15) is 18.1 Å². The van der Waals surface area contributed by atoms with Crippen LogP contribution in [0, 0.1) is 45.3 Å². The summed E-state index contributed by atoms with van der Waals surface area (Å²) >= 11 is 0. The lowest BCUT2D eigenvalue weighted by Crippen LogP contribution is -2.52. The number of fused-ring (bicyclic) bond motifs is 4. The zero-order chi connectivity index (χ0) is 32.9. The van der Waals surface area contributed by atoms with Crippen LogP contribution in [-0.2, 0) is 14.3 Å². The van der Waals surface area contributed by atoms with Gasteiger partial charge in [-0.15, -0.1) is 0 Å². The Hall–Kier alpha value is -3.41. The molecule has 7 atom stereocenters. The third-order valence-corrected chi connectivity index (χ3v) is 11.9. The van der Waals surface area contributed by atoms with Crippen LogP contribution in [0.5, 0.6) is 0 Å². The van der Waals surface area contributed by atoms with Crippen LogP contribution in [0.2, 0.25) is 0 Å². The number of carbonyl (C=O) groups is 2. The maximum absolute atomic E-state index is 14.0. The monoisotopic (exact) mass is 636 g/mol. The first kappa shape index (κ1) is 32.5. The van der Waals surface area contributed by atoms with E-state index < -0.39 is 35.4 Å². The fourth-order valence-electron chi connectivity index (χ4n) is 9.76. The summed E-state index contributed by atoms with van der Waals surface area (Å²) in [6, 6.07) is 8.26. The molecule has 3 fully saturated rings. The quantitative estimate of drug-likeness (QED) is 0.179. The number of ketones is 1. The van der Waals surface area contributed by atoms with Crippen molar-refractivity contribution >= 4 is 17.4 Å². The number of alkyl halides is 3. The van der Waals surface area contributed by atoms with Gasteiger partial charge in [0, 0.05) is 37.5 Å². The molecule has 246 valence electrons. The van der Waals surface area contributed by atoms with E-state index in [0.717, 1.165) is 50.0 Å². The zero-order valence-corrected chi connectivity index (χ0v) is 26.9. The molecular weight excluding hydrogens is 593 g/mol. The van der Waals surface area contributed by atoms with E-state index in [9.17, 15) is 27.7 Å². The van der Waals surface area contributed by atoms with Crippen molar-refractivity contribution in [2.45, 2.75) is 96.7 Å². The number of Topliss-reactive ketones (excluding diaryl/α,β-unsaturated/α-hetero) is 1. The smallest absolute Gasteiger partial charge is 0.457 e. The van der Waals surface area contributed by atoms with Gasteiger partial charge in [0.25, 0.3) is 0 Å². The number of piperidine rings is 1. The van der Waals surface area contributed by atoms with E-state index in [1.165, 1.54) is 36.0 Å². The molecule has 0 aromatic heterocycles. The molecule has 1 heterocycles. The molecule has 2 saturated carbocycles. The molecule has 4 aliphatic carbocycles. The van der Waals surface area contributed by atoms with Gasteiger partial charge in [-0.25, -0.2) is 0 Å². The van der Waals surface area contributed by atoms with Crippen molar-refractivity contribution < 1.29 is 27.5 Å². The van der Waals surface area contributed by atoms with Gasteiger partial charge in [-0.05, 0) is 110 Å². The Balaban J connectivity index is 1.49. The van der Waals surface area contributed by atoms with Crippen molar-refractivity contribution in [2.75, 3.05) is 24.6 Å². The lowest BCUT2D eigenvalue weighted by atomic mass is 9.47. The van der Waals surface area contributed by atoms with Gasteiger partial charge in [0.1, 0.15) is 6.04 Å². The van der Waals surface area contributed by atoms with E-state index in [4.69, 9.17) is 4.74 Å². The minimum absolute atomic E-state index is 0.0458. The molecule has 1 aliphatic heterocycles. The second-order valence-corrected chi connectivity index (χ2v) is 14.3. The highest BCUT2D eigenvalue weighted by molar-refractivity contribution is 5.92. The number of nitrogens with zero attached hydrogens (tertiary/aromatic N) is 2. The molecule has 1 aromatic rings. The van der Waals surface area contributed by atoms with E-state index >= 15 is 0 Å². The van der Waals surface area contributed by atoms with Crippen LogP contribution in [0.3, 0.4) is 0 Å². The number of hydrogen-bond acceptors (Lipinski definition) is 6. The SMILES string of the molecule is CC(=O)OCC(=O)[C@@]1(C#CC(F)(F)F)CC[C@H]2[C@@H]3CC(C)C4=CC(N=O)CCC4=C3C(c3ccc(N4CCCCC4)cc3)C[C@@]21C. The Bertz CT molecular complexity index is 1510. The Kier molecular flexibility index (Phi) is 8.71. The number of carbonyl (C=O) groups excluding carboxylic acids is 2. The van der Waals surface area contributed by atoms with Gasteiger partial charge in [0.05, 0.1) is 5.41 Å². The fraction of sp³-hybridized carbons (Fsp3) is 0.622. The molecule has 5 aliphatic rings. The third-order valence-electron chi connectivity index (χ3n) is 11.9. The standard InChI is InChI=1S/C37H43F3N2O4/c1-23-19-30-32-13-14-36(15-16-37(38,39)40,33(44)22-46-24(2)43)35(32,3)21-31(34(30)28-12-9-26(41-45)20-29(23)28)25-7-10-27(11-8-25)42-17-5-4-6-18-42/h7-8,10-11,20,23,26,30-32H,4-6,9,12-14,17-19,21-22H2,1-3H3/t23?,26?,30-,31?,32-,35-,36-/m0/s1. The summed E-state index contributed by atoms with van der Waals surface area (Å²) in [5, 5.41) is 3.35. The van der Waals surface area contributed by atoms with Gasteiger partial charge in [0.2, 0.25) is 0 Å². The minimum Gasteiger partial charge on any atom is -0.458 e. The first-order chi connectivity index (χ1) is 21.9. The predicted octanol–water partition coefficient (Wildman–Crippen LogP) is 8.07. The van der Waals surface area contributed by atoms with Gasteiger partial charge >= 0.3 is 12.1 Å². The van der Waals surface area contributed by atoms with E-state index in [2.05, 4.69) is 47.2 Å². The van der Waals surface area contributed by atoms with Crippen molar-refractivity contribution in [3.63, 3.8) is 0 Å². The topological polar surface area (TPSA) is 76.0 Å². The van der Waals surface area contributed by atoms with Crippen LogP contribution in [0.4, 0.5) is 18.9 Å². The van der Waals surface area contributed by atoms with Crippen LogP contribution in [0.1, 0.15) is 90.0 Å². The minimum atomic E-state index is -4.76. The molecule has 0 spiro atoms. The summed E-state index contributed by atoms with van der Waals surface area (Å²) in [4.78, 5) is 39.7. The molecular formula is C37H43F3N2O4. The van der Waals surface area contributed by atoms with E-state index in [1.807, 2.05) is 13.0 Å². The number of allylic oxidation sites excluding steroid dienone is 3. The highest BCUT2D eigenvalue weighted by Gasteiger charge is 2.66. The van der Waals surface area contributed by atoms with E-state index in [1.54, 1.807) is 0 Å². The number of hydrogen-bond donors (Lipinski definition) is 0. The summed E-state index contributed by atoms with van der Waals surface area (Å²) in [7, 11) is 0. The molecule has 0 N–H and O–H groups in total. The molecule has 0 radical (unpaired) electrons. The molecule has 0 bridgehead atoms. The number of halogens is 3. The van der Waals surface area contributed by atoms with Crippen molar-refractivity contribution in [3.05, 3.63) is 57.5 Å². The first-order valence-electron chi connectivity index (χ1n) is 16.8. The summed E-state index contributed by atoms with van der Waals surface area (Å²) in [5.41, 5.74) is 3.49. The van der Waals surface area contributed by atoms with E-state index in [0.29, 0.717) is 19.3 Å². The largest absolute Gasteiger partial charge is 0.458 e. The highest BCUT2D eigenvalue weighted by atomic mass is 19.4. The van der Waals surface area contributed by atoms with Gasteiger partial charge in [0.15, 0.2) is 12.4 Å². The lowest BCUT2D eigenvalue weighted by molar-refractivity contribution is -0.150. The Labute approximate surface area is 269 Å². The first-order valence-corrected chi connectivity index (χ1v) is 16.8. The average molecular weight is 637 g/mol. The Morgan fingerprint density at radius 3 is 2.48 bits per heavy atom. The molecule has 1 saturated heterocycles. The lowest BCUT2D eigenvalue weighted by Gasteiger charge is -2.55. The highest BCUT2D eigenvalue weighted by Crippen LogP contribution is 2.70. The van der Waals surface area contributed by atoms with Crippen molar-refractivity contribution in [3.8, 4) is 11.8 Å².